The number of aliphatic imine (C=N–C) groups is 1. The zero-order chi connectivity index (χ0) is 20.5. The average molecular weight is 414 g/mol. The highest BCUT2D eigenvalue weighted by atomic mass is 32.1. The van der Waals surface area contributed by atoms with Crippen molar-refractivity contribution in [2.45, 2.75) is 26.8 Å². The fraction of sp³-hybridized carbons (Fsp3) is 0.286. The molecule has 2 N–H and O–H groups in total. The van der Waals surface area contributed by atoms with Crippen LogP contribution in [0.15, 0.2) is 53.0 Å². The van der Waals surface area contributed by atoms with Gasteiger partial charge in [0.2, 0.25) is 5.88 Å². The van der Waals surface area contributed by atoms with Crippen molar-refractivity contribution in [3.05, 3.63) is 70.1 Å². The van der Waals surface area contributed by atoms with Gasteiger partial charge in [-0.15, -0.1) is 11.3 Å². The minimum Gasteiger partial charge on any atom is -0.439 e. The summed E-state index contributed by atoms with van der Waals surface area (Å²) in [5.41, 5.74) is 2.05. The van der Waals surface area contributed by atoms with Gasteiger partial charge in [-0.2, -0.15) is 0 Å². The summed E-state index contributed by atoms with van der Waals surface area (Å²) >= 11 is 1.66. The third kappa shape index (κ3) is 6.83. The number of aromatic nitrogens is 2. The predicted octanol–water partition coefficient (Wildman–Crippen LogP) is 4.08. The highest BCUT2D eigenvalue weighted by Gasteiger charge is 2.03. The van der Waals surface area contributed by atoms with E-state index in [1.54, 1.807) is 29.7 Å². The molecule has 0 aliphatic rings. The number of thiazole rings is 1. The molecule has 0 atom stereocenters. The third-order valence-corrected chi connectivity index (χ3v) is 4.76. The van der Waals surface area contributed by atoms with Gasteiger partial charge in [0.05, 0.1) is 17.2 Å². The van der Waals surface area contributed by atoms with E-state index in [0.29, 0.717) is 18.2 Å². The lowest BCUT2D eigenvalue weighted by Crippen LogP contribution is -2.38. The number of hydrogen-bond acceptors (Lipinski definition) is 5. The molecular weight excluding hydrogens is 389 g/mol. The van der Waals surface area contributed by atoms with Crippen LogP contribution in [-0.2, 0) is 13.0 Å². The zero-order valence-corrected chi connectivity index (χ0v) is 17.3. The normalized spacial score (nSPS) is 11.3. The molecule has 29 heavy (non-hydrogen) atoms. The summed E-state index contributed by atoms with van der Waals surface area (Å²) in [5.74, 6) is 1.42. The molecule has 0 aliphatic carbocycles. The van der Waals surface area contributed by atoms with Gasteiger partial charge >= 0.3 is 0 Å². The lowest BCUT2D eigenvalue weighted by Gasteiger charge is -2.11. The molecule has 3 rings (SSSR count). The second kappa shape index (κ2) is 10.5. The van der Waals surface area contributed by atoms with Crippen LogP contribution in [0, 0.1) is 12.7 Å². The maximum absolute atomic E-state index is 13.0. The standard InChI is InChI=1S/C21H24FN5OS/c1-3-23-21(25-11-9-18-14-29-15(2)27-18)26-13-16-8-10-24-20(12-16)28-19-6-4-17(22)5-7-19/h4-8,10,12,14H,3,9,11,13H2,1-2H3,(H2,23,25,26). The second-order valence-electron chi connectivity index (χ2n) is 6.29. The summed E-state index contributed by atoms with van der Waals surface area (Å²) in [7, 11) is 0. The molecule has 0 spiro atoms. The van der Waals surface area contributed by atoms with E-state index in [-0.39, 0.29) is 5.82 Å². The summed E-state index contributed by atoms with van der Waals surface area (Å²) in [6.45, 7) is 6.05. The minimum absolute atomic E-state index is 0.304. The Labute approximate surface area is 173 Å². The Balaban J connectivity index is 1.57. The fourth-order valence-electron chi connectivity index (χ4n) is 2.57. The number of guanidine groups is 1. The zero-order valence-electron chi connectivity index (χ0n) is 16.5. The topological polar surface area (TPSA) is 71.4 Å². The average Bonchev–Trinajstić information content (AvgIpc) is 3.13. The molecule has 0 bridgehead atoms. The minimum atomic E-state index is -0.304. The molecule has 6 nitrogen and oxygen atoms in total. The van der Waals surface area contributed by atoms with Crippen LogP contribution in [0.3, 0.4) is 0 Å². The van der Waals surface area contributed by atoms with Crippen molar-refractivity contribution in [3.63, 3.8) is 0 Å². The van der Waals surface area contributed by atoms with Crippen LogP contribution in [0.5, 0.6) is 11.6 Å². The Morgan fingerprint density at radius 2 is 2.03 bits per heavy atom. The van der Waals surface area contributed by atoms with Gasteiger partial charge in [-0.1, -0.05) is 0 Å². The lowest BCUT2D eigenvalue weighted by atomic mass is 10.2. The predicted molar refractivity (Wildman–Crippen MR) is 114 cm³/mol. The van der Waals surface area contributed by atoms with Crippen LogP contribution in [0.4, 0.5) is 4.39 Å². The number of rotatable bonds is 8. The first kappa shape index (κ1) is 20.7. The quantitative estimate of drug-likeness (QED) is 0.430. The van der Waals surface area contributed by atoms with Crippen molar-refractivity contribution in [1.29, 1.82) is 0 Å². The van der Waals surface area contributed by atoms with Crippen molar-refractivity contribution in [2.24, 2.45) is 4.99 Å². The molecule has 8 heteroatoms. The summed E-state index contributed by atoms with van der Waals surface area (Å²) < 4.78 is 18.7. The number of ether oxygens (including phenoxy) is 1. The van der Waals surface area contributed by atoms with Crippen LogP contribution in [0.1, 0.15) is 23.2 Å². The van der Waals surface area contributed by atoms with Crippen LogP contribution in [-0.4, -0.2) is 29.0 Å². The number of halogens is 1. The van der Waals surface area contributed by atoms with E-state index < -0.39 is 0 Å². The maximum Gasteiger partial charge on any atom is 0.219 e. The first-order chi connectivity index (χ1) is 14.1. The number of benzene rings is 1. The van der Waals surface area contributed by atoms with E-state index in [0.717, 1.165) is 41.7 Å². The molecule has 152 valence electrons. The molecule has 0 amide bonds. The molecule has 0 aliphatic heterocycles. The van der Waals surface area contributed by atoms with Crippen molar-refractivity contribution in [1.82, 2.24) is 20.6 Å². The van der Waals surface area contributed by atoms with Crippen molar-refractivity contribution >= 4 is 17.3 Å². The number of pyridine rings is 1. The molecule has 3 aromatic rings. The van der Waals surface area contributed by atoms with Gasteiger partial charge in [-0.25, -0.2) is 19.4 Å². The van der Waals surface area contributed by atoms with E-state index in [4.69, 9.17) is 4.74 Å². The monoisotopic (exact) mass is 413 g/mol. The Morgan fingerprint density at radius 3 is 2.76 bits per heavy atom. The molecule has 2 aromatic heterocycles. The Kier molecular flexibility index (Phi) is 7.52. The summed E-state index contributed by atoms with van der Waals surface area (Å²) in [6.07, 6.45) is 2.52. The smallest absolute Gasteiger partial charge is 0.219 e. The van der Waals surface area contributed by atoms with E-state index in [9.17, 15) is 4.39 Å². The molecule has 0 unspecified atom stereocenters. The van der Waals surface area contributed by atoms with Crippen molar-refractivity contribution in [2.75, 3.05) is 13.1 Å². The lowest BCUT2D eigenvalue weighted by molar-refractivity contribution is 0.460. The van der Waals surface area contributed by atoms with E-state index >= 15 is 0 Å². The van der Waals surface area contributed by atoms with Crippen LogP contribution in [0.25, 0.3) is 0 Å². The molecular formula is C21H24FN5OS. The third-order valence-electron chi connectivity index (χ3n) is 3.94. The first-order valence-corrected chi connectivity index (χ1v) is 10.3. The number of aryl methyl sites for hydroxylation is 1. The van der Waals surface area contributed by atoms with Crippen LogP contribution < -0.4 is 15.4 Å². The van der Waals surface area contributed by atoms with E-state index in [1.807, 2.05) is 26.0 Å². The van der Waals surface area contributed by atoms with Crippen LogP contribution >= 0.6 is 11.3 Å². The number of nitrogens with zero attached hydrogens (tertiary/aromatic N) is 3. The van der Waals surface area contributed by atoms with Gasteiger partial charge in [0.25, 0.3) is 0 Å². The van der Waals surface area contributed by atoms with Crippen molar-refractivity contribution < 1.29 is 9.13 Å². The molecule has 0 fully saturated rings. The summed E-state index contributed by atoms with van der Waals surface area (Å²) in [5, 5.41) is 9.74. The van der Waals surface area contributed by atoms with E-state index in [1.165, 1.54) is 12.1 Å². The van der Waals surface area contributed by atoms with Gasteiger partial charge in [0, 0.05) is 37.2 Å². The number of hydrogen-bond donors (Lipinski definition) is 2. The van der Waals surface area contributed by atoms with Gasteiger partial charge in [0.15, 0.2) is 5.96 Å². The number of nitrogens with one attached hydrogen (secondary N) is 2. The van der Waals surface area contributed by atoms with Gasteiger partial charge in [-0.05, 0) is 49.7 Å². The summed E-state index contributed by atoms with van der Waals surface area (Å²) in [6, 6.07) is 9.56. The van der Waals surface area contributed by atoms with Crippen LogP contribution in [0.2, 0.25) is 0 Å². The molecule has 1 aromatic carbocycles. The molecule has 2 heterocycles. The first-order valence-electron chi connectivity index (χ1n) is 9.44. The Bertz CT molecular complexity index is 942. The fourth-order valence-corrected chi connectivity index (χ4v) is 3.22. The summed E-state index contributed by atoms with van der Waals surface area (Å²) in [4.78, 5) is 13.3. The van der Waals surface area contributed by atoms with E-state index in [2.05, 4.69) is 31.0 Å². The largest absolute Gasteiger partial charge is 0.439 e. The molecule has 0 radical (unpaired) electrons. The van der Waals surface area contributed by atoms with Gasteiger partial charge < -0.3 is 15.4 Å². The Hall–Kier alpha value is -3.00. The second-order valence-corrected chi connectivity index (χ2v) is 7.35. The molecule has 0 saturated heterocycles. The maximum atomic E-state index is 13.0. The van der Waals surface area contributed by atoms with Gasteiger partial charge in [0.1, 0.15) is 11.6 Å². The Morgan fingerprint density at radius 1 is 1.21 bits per heavy atom. The van der Waals surface area contributed by atoms with Crippen molar-refractivity contribution in [3.8, 4) is 11.6 Å². The molecule has 0 saturated carbocycles. The van der Waals surface area contributed by atoms with Gasteiger partial charge in [-0.3, -0.25) is 0 Å². The SMILES string of the molecule is CCNC(=NCc1ccnc(Oc2ccc(F)cc2)c1)NCCc1csc(C)n1. The highest BCUT2D eigenvalue weighted by Crippen LogP contribution is 2.20. The highest BCUT2D eigenvalue weighted by molar-refractivity contribution is 7.09.